The number of hydrogen-bond acceptors (Lipinski definition) is 10. The molecule has 0 aromatic rings. The number of aliphatic hydroxyl groups is 4. The molecule has 1 aliphatic heterocycles. The summed E-state index contributed by atoms with van der Waals surface area (Å²) in [6.07, 6.45) is 24.3. The predicted octanol–water partition coefficient (Wildman–Crippen LogP) is 8.22. The van der Waals surface area contributed by atoms with Gasteiger partial charge in [-0.1, -0.05) is 168 Å². The topological polar surface area (TPSA) is 152 Å². The van der Waals surface area contributed by atoms with Crippen molar-refractivity contribution >= 4 is 11.9 Å². The lowest BCUT2D eigenvalue weighted by atomic mass is 9.99. The summed E-state index contributed by atoms with van der Waals surface area (Å²) in [5.41, 5.74) is 0. The highest BCUT2D eigenvalue weighted by Crippen LogP contribution is 2.23. The number of rotatable bonds is 35. The summed E-state index contributed by atoms with van der Waals surface area (Å²) in [6, 6.07) is 0. The Bertz CT molecular complexity index is 809. The summed E-state index contributed by atoms with van der Waals surface area (Å²) in [4.78, 5) is 25.1. The molecule has 10 nitrogen and oxygen atoms in total. The molecule has 1 rings (SSSR count). The Morgan fingerprint density at radius 1 is 0.529 bits per heavy atom. The zero-order valence-corrected chi connectivity index (χ0v) is 32.6. The average Bonchev–Trinajstić information content (AvgIpc) is 3.13. The molecule has 0 aromatic carbocycles. The van der Waals surface area contributed by atoms with Crippen molar-refractivity contribution in [3.8, 4) is 0 Å². The first kappa shape index (κ1) is 47.7. The normalized spacial score (nSPS) is 21.1. The van der Waals surface area contributed by atoms with Crippen molar-refractivity contribution in [2.45, 2.75) is 230 Å². The summed E-state index contributed by atoms with van der Waals surface area (Å²) >= 11 is 0. The van der Waals surface area contributed by atoms with Gasteiger partial charge < -0.3 is 39.4 Å². The minimum Gasteiger partial charge on any atom is -0.462 e. The number of carbonyl (C=O) groups excluding carboxylic acids is 2. The van der Waals surface area contributed by atoms with Crippen LogP contribution in [0.3, 0.4) is 0 Å². The van der Waals surface area contributed by atoms with E-state index in [9.17, 15) is 30.0 Å². The van der Waals surface area contributed by atoms with E-state index in [-0.39, 0.29) is 32.0 Å². The van der Waals surface area contributed by atoms with Crippen molar-refractivity contribution in [3.63, 3.8) is 0 Å². The maximum atomic E-state index is 12.6. The van der Waals surface area contributed by atoms with Crippen LogP contribution in [0.5, 0.6) is 0 Å². The van der Waals surface area contributed by atoms with Crippen LogP contribution in [-0.4, -0.2) is 89.0 Å². The number of carbonyl (C=O) groups is 2. The molecule has 0 aliphatic carbocycles. The van der Waals surface area contributed by atoms with Gasteiger partial charge in [0.15, 0.2) is 12.4 Å². The van der Waals surface area contributed by atoms with E-state index in [0.717, 1.165) is 38.5 Å². The van der Waals surface area contributed by atoms with Gasteiger partial charge in [0.05, 0.1) is 13.2 Å². The third kappa shape index (κ3) is 25.4. The van der Waals surface area contributed by atoms with Gasteiger partial charge in [0.25, 0.3) is 0 Å². The molecule has 0 radical (unpaired) electrons. The Hall–Kier alpha value is -1.30. The molecule has 0 saturated carbocycles. The van der Waals surface area contributed by atoms with Crippen LogP contribution in [0.2, 0.25) is 0 Å². The fraction of sp³-hybridized carbons (Fsp3) is 0.951. The van der Waals surface area contributed by atoms with E-state index in [1.807, 2.05) is 0 Å². The van der Waals surface area contributed by atoms with E-state index in [1.165, 1.54) is 122 Å². The maximum absolute atomic E-state index is 12.6. The van der Waals surface area contributed by atoms with Crippen LogP contribution in [0.25, 0.3) is 0 Å². The molecule has 6 atom stereocenters. The van der Waals surface area contributed by atoms with E-state index >= 15 is 0 Å². The van der Waals surface area contributed by atoms with E-state index in [2.05, 4.69) is 13.8 Å². The fourth-order valence-electron chi connectivity index (χ4n) is 6.60. The molecule has 0 bridgehead atoms. The van der Waals surface area contributed by atoms with Gasteiger partial charge in [-0.25, -0.2) is 0 Å². The Labute approximate surface area is 310 Å². The number of aliphatic hydroxyl groups excluding tert-OH is 4. The molecule has 2 unspecified atom stereocenters. The molecule has 4 N–H and O–H groups in total. The zero-order chi connectivity index (χ0) is 37.4. The standard InChI is InChI=1S/C41H78O10/c1-3-5-7-9-11-12-13-14-15-16-17-18-19-20-21-22-24-25-27-29-36(43)48-32-34(50-37(44)30-28-26-23-10-8-6-4-2)33-49-41-40(47)39(46)38(45)35(31-42)51-41/h34-35,38-42,45-47H,3-33H2,1-2H3/t34-,35-,38+,39?,40?,41-/m0/s1. The van der Waals surface area contributed by atoms with Gasteiger partial charge in [-0.3, -0.25) is 9.59 Å². The second-order valence-electron chi connectivity index (χ2n) is 14.8. The van der Waals surface area contributed by atoms with E-state index in [4.69, 9.17) is 18.9 Å². The first-order valence-corrected chi connectivity index (χ1v) is 21.1. The highest BCUT2D eigenvalue weighted by atomic mass is 16.7. The highest BCUT2D eigenvalue weighted by Gasteiger charge is 2.44. The molecular weight excluding hydrogens is 652 g/mol. The van der Waals surface area contributed by atoms with Gasteiger partial charge in [-0.15, -0.1) is 0 Å². The molecule has 0 spiro atoms. The minimum absolute atomic E-state index is 0.210. The fourth-order valence-corrected chi connectivity index (χ4v) is 6.60. The number of hydrogen-bond donors (Lipinski definition) is 4. The summed E-state index contributed by atoms with van der Waals surface area (Å²) in [5, 5.41) is 39.9. The van der Waals surface area contributed by atoms with Crippen molar-refractivity contribution < 1.29 is 49.0 Å². The summed E-state index contributed by atoms with van der Waals surface area (Å²) in [6.45, 7) is 3.38. The maximum Gasteiger partial charge on any atom is 0.306 e. The SMILES string of the molecule is CCCCCCCCCCCCCCCCCCCCCC(=O)OC[C@@H](CO[C@H]1O[C@@H](CO)[C@@H](O)C(O)C1O)OC(=O)CCCCCCCCC. The summed E-state index contributed by atoms with van der Waals surface area (Å²) in [5.74, 6) is -0.802. The third-order valence-corrected chi connectivity index (χ3v) is 9.99. The van der Waals surface area contributed by atoms with Crippen LogP contribution in [-0.2, 0) is 28.5 Å². The van der Waals surface area contributed by atoms with Crippen LogP contribution in [0.4, 0.5) is 0 Å². The molecule has 1 heterocycles. The molecule has 10 heteroatoms. The van der Waals surface area contributed by atoms with Crippen LogP contribution >= 0.6 is 0 Å². The Morgan fingerprint density at radius 2 is 0.922 bits per heavy atom. The Kier molecular flexibility index (Phi) is 31.1. The van der Waals surface area contributed by atoms with Gasteiger partial charge in [0.2, 0.25) is 0 Å². The lowest BCUT2D eigenvalue weighted by Crippen LogP contribution is -2.59. The molecule has 1 saturated heterocycles. The van der Waals surface area contributed by atoms with Crippen molar-refractivity contribution in [2.24, 2.45) is 0 Å². The van der Waals surface area contributed by atoms with Gasteiger partial charge in [0.1, 0.15) is 31.0 Å². The monoisotopic (exact) mass is 731 g/mol. The van der Waals surface area contributed by atoms with Crippen LogP contribution < -0.4 is 0 Å². The Balaban J connectivity index is 2.24. The number of unbranched alkanes of at least 4 members (excludes halogenated alkanes) is 24. The van der Waals surface area contributed by atoms with Crippen LogP contribution in [0, 0.1) is 0 Å². The Morgan fingerprint density at radius 3 is 1.33 bits per heavy atom. The summed E-state index contributed by atoms with van der Waals surface area (Å²) in [7, 11) is 0. The molecule has 0 aromatic heterocycles. The highest BCUT2D eigenvalue weighted by molar-refractivity contribution is 5.70. The van der Waals surface area contributed by atoms with Crippen molar-refractivity contribution in [3.05, 3.63) is 0 Å². The lowest BCUT2D eigenvalue weighted by Gasteiger charge is -2.39. The van der Waals surface area contributed by atoms with Crippen molar-refractivity contribution in [1.82, 2.24) is 0 Å². The van der Waals surface area contributed by atoms with Crippen LogP contribution in [0.1, 0.15) is 194 Å². The zero-order valence-electron chi connectivity index (χ0n) is 32.6. The van der Waals surface area contributed by atoms with Crippen LogP contribution in [0.15, 0.2) is 0 Å². The van der Waals surface area contributed by atoms with E-state index in [1.54, 1.807) is 0 Å². The van der Waals surface area contributed by atoms with Gasteiger partial charge in [-0.2, -0.15) is 0 Å². The molecular formula is C41H78O10. The van der Waals surface area contributed by atoms with Crippen molar-refractivity contribution in [1.29, 1.82) is 0 Å². The molecule has 1 aliphatic rings. The molecule has 0 amide bonds. The smallest absolute Gasteiger partial charge is 0.306 e. The first-order valence-electron chi connectivity index (χ1n) is 21.1. The third-order valence-electron chi connectivity index (χ3n) is 9.99. The average molecular weight is 731 g/mol. The van der Waals surface area contributed by atoms with Gasteiger partial charge in [0, 0.05) is 12.8 Å². The first-order chi connectivity index (χ1) is 24.8. The lowest BCUT2D eigenvalue weighted by molar-refractivity contribution is -0.305. The molecule has 51 heavy (non-hydrogen) atoms. The molecule has 302 valence electrons. The van der Waals surface area contributed by atoms with E-state index in [0.29, 0.717) is 6.42 Å². The second kappa shape index (κ2) is 33.3. The second-order valence-corrected chi connectivity index (χ2v) is 14.8. The predicted molar refractivity (Wildman–Crippen MR) is 201 cm³/mol. The molecule has 1 fully saturated rings. The largest absolute Gasteiger partial charge is 0.462 e. The summed E-state index contributed by atoms with van der Waals surface area (Å²) < 4.78 is 22.0. The van der Waals surface area contributed by atoms with Gasteiger partial charge >= 0.3 is 11.9 Å². The van der Waals surface area contributed by atoms with E-state index < -0.39 is 49.4 Å². The quantitative estimate of drug-likeness (QED) is 0.0371. The number of ether oxygens (including phenoxy) is 4. The number of esters is 2. The minimum atomic E-state index is -1.59. The van der Waals surface area contributed by atoms with Crippen molar-refractivity contribution in [2.75, 3.05) is 19.8 Å². The van der Waals surface area contributed by atoms with Gasteiger partial charge in [-0.05, 0) is 12.8 Å².